The van der Waals surface area contributed by atoms with E-state index in [1.165, 1.54) is 38.4 Å². The molecule has 11 heteroatoms. The van der Waals surface area contributed by atoms with Crippen molar-refractivity contribution in [3.8, 4) is 5.75 Å². The molecule has 0 saturated carbocycles. The number of nitrogens with zero attached hydrogens (tertiary/aromatic N) is 3. The van der Waals surface area contributed by atoms with Crippen molar-refractivity contribution in [3.05, 3.63) is 56.2 Å². The molecule has 0 aliphatic carbocycles. The summed E-state index contributed by atoms with van der Waals surface area (Å²) in [5, 5.41) is 0. The maximum atomic E-state index is 12.8. The fourth-order valence-electron chi connectivity index (χ4n) is 2.72. The minimum atomic E-state index is -4.78. The SMILES string of the molecule is CC(C(=O)c1c(N)n(C)c(=O)n(C)c1=O)N(C)Cc1ccc(OC(F)(F)F)cc1. The zero-order valence-corrected chi connectivity index (χ0v) is 16.3. The molecule has 0 aliphatic heterocycles. The first-order valence-corrected chi connectivity index (χ1v) is 8.48. The van der Waals surface area contributed by atoms with Crippen molar-refractivity contribution in [1.82, 2.24) is 14.0 Å². The molecular weight excluding hydrogens is 393 g/mol. The molecule has 29 heavy (non-hydrogen) atoms. The van der Waals surface area contributed by atoms with E-state index in [0.29, 0.717) is 5.56 Å². The van der Waals surface area contributed by atoms with Crippen LogP contribution in [0.1, 0.15) is 22.8 Å². The van der Waals surface area contributed by atoms with E-state index in [-0.39, 0.29) is 23.7 Å². The number of alkyl halides is 3. The highest BCUT2D eigenvalue weighted by atomic mass is 19.4. The Balaban J connectivity index is 2.21. The van der Waals surface area contributed by atoms with Crippen LogP contribution in [-0.2, 0) is 20.6 Å². The third-order valence-electron chi connectivity index (χ3n) is 4.59. The summed E-state index contributed by atoms with van der Waals surface area (Å²) < 4.78 is 42.3. The van der Waals surface area contributed by atoms with E-state index < -0.39 is 29.4 Å². The molecule has 0 spiro atoms. The van der Waals surface area contributed by atoms with Gasteiger partial charge in [-0.1, -0.05) is 12.1 Å². The van der Waals surface area contributed by atoms with E-state index in [4.69, 9.17) is 5.73 Å². The first kappa shape index (κ1) is 22.2. The van der Waals surface area contributed by atoms with Gasteiger partial charge in [-0.25, -0.2) is 4.79 Å². The highest BCUT2D eigenvalue weighted by molar-refractivity contribution is 6.03. The standard InChI is InChI=1S/C18H21F3N4O4/c1-10(14(26)13-15(22)24(3)17(28)25(4)16(13)27)23(2)9-11-5-7-12(8-6-11)29-18(19,20)21/h5-8,10H,9,22H2,1-4H3. The largest absolute Gasteiger partial charge is 0.573 e. The molecule has 0 saturated heterocycles. The van der Waals surface area contributed by atoms with Crippen LogP contribution in [0.3, 0.4) is 0 Å². The maximum absolute atomic E-state index is 12.8. The van der Waals surface area contributed by atoms with Gasteiger partial charge in [0.25, 0.3) is 5.56 Å². The molecule has 1 unspecified atom stereocenters. The number of ketones is 1. The summed E-state index contributed by atoms with van der Waals surface area (Å²) in [6.07, 6.45) is -4.78. The second-order valence-corrected chi connectivity index (χ2v) is 6.61. The first-order valence-electron chi connectivity index (χ1n) is 8.48. The molecule has 1 atom stereocenters. The number of likely N-dealkylation sites (N-methyl/N-ethyl adjacent to an activating group) is 1. The minimum Gasteiger partial charge on any atom is -0.406 e. The number of nitrogen functional groups attached to an aromatic ring is 1. The van der Waals surface area contributed by atoms with Crippen molar-refractivity contribution >= 4 is 11.6 Å². The molecule has 0 aliphatic rings. The molecule has 0 bridgehead atoms. The van der Waals surface area contributed by atoms with Crippen molar-refractivity contribution in [3.63, 3.8) is 0 Å². The van der Waals surface area contributed by atoms with Gasteiger partial charge in [-0.3, -0.25) is 23.6 Å². The molecule has 158 valence electrons. The number of rotatable bonds is 6. The molecule has 1 aromatic carbocycles. The number of carbonyl (C=O) groups excluding carboxylic acids is 1. The third-order valence-corrected chi connectivity index (χ3v) is 4.59. The molecule has 0 amide bonds. The number of carbonyl (C=O) groups is 1. The Morgan fingerprint density at radius 3 is 2.24 bits per heavy atom. The molecule has 2 N–H and O–H groups in total. The van der Waals surface area contributed by atoms with E-state index in [0.717, 1.165) is 9.13 Å². The Kier molecular flexibility index (Phi) is 6.21. The predicted octanol–water partition coefficient (Wildman–Crippen LogP) is 1.27. The molecule has 1 aromatic heterocycles. The lowest BCUT2D eigenvalue weighted by atomic mass is 10.1. The van der Waals surface area contributed by atoms with Crippen LogP contribution in [0.4, 0.5) is 19.0 Å². The quantitative estimate of drug-likeness (QED) is 0.715. The number of hydrogen-bond acceptors (Lipinski definition) is 6. The Morgan fingerprint density at radius 1 is 1.17 bits per heavy atom. The number of halogens is 3. The Morgan fingerprint density at radius 2 is 1.72 bits per heavy atom. The van der Waals surface area contributed by atoms with Crippen LogP contribution in [0.2, 0.25) is 0 Å². The average molecular weight is 414 g/mol. The fourth-order valence-corrected chi connectivity index (χ4v) is 2.72. The number of aromatic nitrogens is 2. The van der Waals surface area contributed by atoms with Crippen LogP contribution >= 0.6 is 0 Å². The molecular formula is C18H21F3N4O4. The van der Waals surface area contributed by atoms with Gasteiger partial charge in [0.2, 0.25) is 0 Å². The van der Waals surface area contributed by atoms with E-state index in [2.05, 4.69) is 4.74 Å². The van der Waals surface area contributed by atoms with Gasteiger partial charge in [0.15, 0.2) is 5.78 Å². The van der Waals surface area contributed by atoms with Gasteiger partial charge in [0.1, 0.15) is 17.1 Å². The number of benzene rings is 1. The number of ether oxygens (including phenoxy) is 1. The zero-order chi connectivity index (χ0) is 22.1. The van der Waals surface area contributed by atoms with Crippen molar-refractivity contribution in [2.45, 2.75) is 25.9 Å². The summed E-state index contributed by atoms with van der Waals surface area (Å²) in [4.78, 5) is 38.7. The summed E-state index contributed by atoms with van der Waals surface area (Å²) in [5.74, 6) is -1.15. The lowest BCUT2D eigenvalue weighted by Gasteiger charge is -2.24. The van der Waals surface area contributed by atoms with Gasteiger partial charge >= 0.3 is 12.1 Å². The predicted molar refractivity (Wildman–Crippen MR) is 99.7 cm³/mol. The lowest BCUT2D eigenvalue weighted by Crippen LogP contribution is -2.45. The average Bonchev–Trinajstić information content (AvgIpc) is 2.64. The number of hydrogen-bond donors (Lipinski definition) is 1. The summed E-state index contributed by atoms with van der Waals surface area (Å²) in [5.41, 5.74) is 4.72. The zero-order valence-electron chi connectivity index (χ0n) is 16.3. The third kappa shape index (κ3) is 4.86. The van der Waals surface area contributed by atoms with Gasteiger partial charge in [0.05, 0.1) is 6.04 Å². The van der Waals surface area contributed by atoms with Gasteiger partial charge in [-0.2, -0.15) is 0 Å². The normalized spacial score (nSPS) is 12.8. The lowest BCUT2D eigenvalue weighted by molar-refractivity contribution is -0.274. The van der Waals surface area contributed by atoms with Crippen LogP contribution in [0.25, 0.3) is 0 Å². The van der Waals surface area contributed by atoms with Gasteiger partial charge < -0.3 is 10.5 Å². The van der Waals surface area contributed by atoms with E-state index >= 15 is 0 Å². The highest BCUT2D eigenvalue weighted by Crippen LogP contribution is 2.23. The first-order chi connectivity index (χ1) is 13.3. The van der Waals surface area contributed by atoms with Gasteiger partial charge in [0, 0.05) is 20.6 Å². The van der Waals surface area contributed by atoms with Gasteiger partial charge in [-0.05, 0) is 31.7 Å². The molecule has 2 rings (SSSR count). The Hall–Kier alpha value is -3.08. The van der Waals surface area contributed by atoms with Crippen LogP contribution < -0.4 is 21.7 Å². The van der Waals surface area contributed by atoms with E-state index in [1.807, 2.05) is 0 Å². The number of anilines is 1. The molecule has 2 aromatic rings. The van der Waals surface area contributed by atoms with E-state index in [9.17, 15) is 27.6 Å². The topological polar surface area (TPSA) is 99.6 Å². The summed E-state index contributed by atoms with van der Waals surface area (Å²) in [7, 11) is 4.22. The van der Waals surface area contributed by atoms with Crippen molar-refractivity contribution in [1.29, 1.82) is 0 Å². The highest BCUT2D eigenvalue weighted by Gasteiger charge is 2.31. The van der Waals surface area contributed by atoms with Crippen LogP contribution in [-0.4, -0.2) is 39.3 Å². The summed E-state index contributed by atoms with van der Waals surface area (Å²) >= 11 is 0. The molecule has 0 radical (unpaired) electrons. The van der Waals surface area contributed by atoms with Crippen molar-refractivity contribution in [2.75, 3.05) is 12.8 Å². The van der Waals surface area contributed by atoms with E-state index in [1.54, 1.807) is 18.9 Å². The Labute approximate surface area is 163 Å². The summed E-state index contributed by atoms with van der Waals surface area (Å²) in [6, 6.07) is 4.44. The van der Waals surface area contributed by atoms with Crippen molar-refractivity contribution in [2.24, 2.45) is 14.1 Å². The number of Topliss-reactive ketones (excluding diaryl/α,β-unsaturated/α-hetero) is 1. The van der Waals surface area contributed by atoms with Crippen LogP contribution in [0.5, 0.6) is 5.75 Å². The fraction of sp³-hybridized carbons (Fsp3) is 0.389. The smallest absolute Gasteiger partial charge is 0.406 e. The maximum Gasteiger partial charge on any atom is 0.573 e. The molecule has 8 nitrogen and oxygen atoms in total. The number of nitrogens with two attached hydrogens (primary N) is 1. The van der Waals surface area contributed by atoms with Crippen LogP contribution in [0, 0.1) is 0 Å². The Bertz CT molecular complexity index is 1030. The molecule has 1 heterocycles. The van der Waals surface area contributed by atoms with Gasteiger partial charge in [-0.15, -0.1) is 13.2 Å². The second kappa shape index (κ2) is 8.11. The molecule has 0 fully saturated rings. The van der Waals surface area contributed by atoms with Crippen molar-refractivity contribution < 1.29 is 22.7 Å². The minimum absolute atomic E-state index is 0.213. The monoisotopic (exact) mass is 414 g/mol. The second-order valence-electron chi connectivity index (χ2n) is 6.61. The summed E-state index contributed by atoms with van der Waals surface area (Å²) in [6.45, 7) is 1.78. The van der Waals surface area contributed by atoms with Crippen LogP contribution in [0.15, 0.2) is 33.9 Å².